The van der Waals surface area contributed by atoms with E-state index in [1.165, 1.54) is 17.0 Å². The van der Waals surface area contributed by atoms with E-state index in [2.05, 4.69) is 47.2 Å². The van der Waals surface area contributed by atoms with Crippen molar-refractivity contribution in [2.45, 2.75) is 19.9 Å². The zero-order chi connectivity index (χ0) is 13.1. The van der Waals surface area contributed by atoms with Crippen LogP contribution in [0.3, 0.4) is 0 Å². The number of benzene rings is 1. The Kier molecular flexibility index (Phi) is 4.54. The molecule has 0 aliphatic carbocycles. The SMILES string of the molecule is CCNC(C)c1ccc(-c2ccc(F)cc2Br)s1. The van der Waals surface area contributed by atoms with E-state index in [0.717, 1.165) is 21.5 Å². The van der Waals surface area contributed by atoms with Gasteiger partial charge >= 0.3 is 0 Å². The van der Waals surface area contributed by atoms with Gasteiger partial charge < -0.3 is 5.32 Å². The van der Waals surface area contributed by atoms with Gasteiger partial charge in [-0.05, 0) is 43.8 Å². The van der Waals surface area contributed by atoms with E-state index in [4.69, 9.17) is 0 Å². The first-order valence-corrected chi connectivity index (χ1v) is 7.51. The maximum Gasteiger partial charge on any atom is 0.124 e. The Balaban J connectivity index is 2.29. The predicted octanol–water partition coefficient (Wildman–Crippen LogP) is 4.99. The van der Waals surface area contributed by atoms with Gasteiger partial charge in [-0.15, -0.1) is 11.3 Å². The van der Waals surface area contributed by atoms with Crippen LogP contribution in [0.15, 0.2) is 34.8 Å². The molecule has 0 saturated heterocycles. The van der Waals surface area contributed by atoms with E-state index in [0.29, 0.717) is 6.04 Å². The molecular formula is C14H15BrFNS. The number of hydrogen-bond donors (Lipinski definition) is 1. The van der Waals surface area contributed by atoms with Crippen LogP contribution < -0.4 is 5.32 Å². The second-order valence-corrected chi connectivity index (χ2v) is 6.08. The third kappa shape index (κ3) is 2.99. The third-order valence-electron chi connectivity index (χ3n) is 2.76. The lowest BCUT2D eigenvalue weighted by Gasteiger charge is -2.09. The molecule has 0 aliphatic rings. The van der Waals surface area contributed by atoms with Crippen LogP contribution >= 0.6 is 27.3 Å². The largest absolute Gasteiger partial charge is 0.310 e. The van der Waals surface area contributed by atoms with Gasteiger partial charge in [0.25, 0.3) is 0 Å². The van der Waals surface area contributed by atoms with Crippen molar-refractivity contribution in [3.8, 4) is 10.4 Å². The Morgan fingerprint density at radius 2 is 2.11 bits per heavy atom. The normalized spacial score (nSPS) is 12.7. The zero-order valence-corrected chi connectivity index (χ0v) is 12.7. The van der Waals surface area contributed by atoms with Crippen LogP contribution in [0.4, 0.5) is 4.39 Å². The molecule has 2 rings (SSSR count). The summed E-state index contributed by atoms with van der Waals surface area (Å²) in [7, 11) is 0. The number of hydrogen-bond acceptors (Lipinski definition) is 2. The first-order valence-electron chi connectivity index (χ1n) is 5.90. The Labute approximate surface area is 119 Å². The molecule has 96 valence electrons. The number of halogens is 2. The molecule has 1 atom stereocenters. The minimum absolute atomic E-state index is 0.219. The third-order valence-corrected chi connectivity index (χ3v) is 4.72. The van der Waals surface area contributed by atoms with Gasteiger partial charge in [-0.1, -0.05) is 22.9 Å². The molecule has 1 heterocycles. The summed E-state index contributed by atoms with van der Waals surface area (Å²) in [5.74, 6) is -0.219. The maximum absolute atomic E-state index is 13.1. The minimum atomic E-state index is -0.219. The zero-order valence-electron chi connectivity index (χ0n) is 10.3. The fraction of sp³-hybridized carbons (Fsp3) is 0.286. The Hall–Kier alpha value is -0.710. The van der Waals surface area contributed by atoms with Crippen LogP contribution in [-0.2, 0) is 0 Å². The first kappa shape index (κ1) is 13.7. The van der Waals surface area contributed by atoms with E-state index in [1.54, 1.807) is 11.3 Å². The van der Waals surface area contributed by atoms with E-state index in [-0.39, 0.29) is 5.82 Å². The van der Waals surface area contributed by atoms with Crippen LogP contribution in [0.5, 0.6) is 0 Å². The topological polar surface area (TPSA) is 12.0 Å². The molecule has 0 saturated carbocycles. The van der Waals surface area contributed by atoms with Gasteiger partial charge in [0.2, 0.25) is 0 Å². The van der Waals surface area contributed by atoms with Gasteiger partial charge in [0.05, 0.1) is 0 Å². The summed E-state index contributed by atoms with van der Waals surface area (Å²) in [4.78, 5) is 2.45. The van der Waals surface area contributed by atoms with Gasteiger partial charge in [-0.2, -0.15) is 0 Å². The van der Waals surface area contributed by atoms with Gasteiger partial charge in [-0.3, -0.25) is 0 Å². The fourth-order valence-electron chi connectivity index (χ4n) is 1.83. The van der Waals surface area contributed by atoms with Gasteiger partial charge in [0.1, 0.15) is 5.82 Å². The van der Waals surface area contributed by atoms with Crippen molar-refractivity contribution in [1.82, 2.24) is 5.32 Å². The van der Waals surface area contributed by atoms with Crippen LogP contribution in [0.2, 0.25) is 0 Å². The number of rotatable bonds is 4. The fourth-order valence-corrected chi connectivity index (χ4v) is 3.60. The summed E-state index contributed by atoms with van der Waals surface area (Å²) in [5, 5.41) is 3.39. The second-order valence-electron chi connectivity index (χ2n) is 4.11. The van der Waals surface area contributed by atoms with Crippen molar-refractivity contribution in [3.05, 3.63) is 45.5 Å². The molecule has 1 aromatic carbocycles. The van der Waals surface area contributed by atoms with Gasteiger partial charge in [0, 0.05) is 25.8 Å². The average molecular weight is 328 g/mol. The van der Waals surface area contributed by atoms with Crippen molar-refractivity contribution in [3.63, 3.8) is 0 Å². The quantitative estimate of drug-likeness (QED) is 0.834. The highest BCUT2D eigenvalue weighted by molar-refractivity contribution is 9.10. The van der Waals surface area contributed by atoms with E-state index in [9.17, 15) is 4.39 Å². The molecule has 0 bridgehead atoms. The molecule has 18 heavy (non-hydrogen) atoms. The molecule has 1 aromatic heterocycles. The molecule has 0 spiro atoms. The molecule has 0 radical (unpaired) electrons. The van der Waals surface area contributed by atoms with Crippen molar-refractivity contribution in [2.75, 3.05) is 6.54 Å². The Morgan fingerprint density at radius 3 is 2.78 bits per heavy atom. The average Bonchev–Trinajstić information content (AvgIpc) is 2.78. The molecule has 0 fully saturated rings. The minimum Gasteiger partial charge on any atom is -0.310 e. The van der Waals surface area contributed by atoms with Crippen LogP contribution in [-0.4, -0.2) is 6.54 Å². The lowest BCUT2D eigenvalue weighted by Crippen LogP contribution is -2.16. The standard InChI is InChI=1S/C14H15BrFNS/c1-3-17-9(2)13-6-7-14(18-13)11-5-4-10(16)8-12(11)15/h4-9,17H,3H2,1-2H3. The predicted molar refractivity (Wildman–Crippen MR) is 79.5 cm³/mol. The van der Waals surface area contributed by atoms with Gasteiger partial charge in [-0.25, -0.2) is 4.39 Å². The van der Waals surface area contributed by atoms with Crippen LogP contribution in [0.25, 0.3) is 10.4 Å². The Morgan fingerprint density at radius 1 is 1.33 bits per heavy atom. The summed E-state index contributed by atoms with van der Waals surface area (Å²) in [5.41, 5.74) is 1.04. The second kappa shape index (κ2) is 5.95. The van der Waals surface area contributed by atoms with Crippen molar-refractivity contribution in [2.24, 2.45) is 0 Å². The van der Waals surface area contributed by atoms with Crippen molar-refractivity contribution in [1.29, 1.82) is 0 Å². The summed E-state index contributed by atoms with van der Waals surface area (Å²) in [6.07, 6.45) is 0. The smallest absolute Gasteiger partial charge is 0.124 e. The molecular weight excluding hydrogens is 313 g/mol. The summed E-state index contributed by atoms with van der Waals surface area (Å²) in [6, 6.07) is 9.38. The highest BCUT2D eigenvalue weighted by atomic mass is 79.9. The molecule has 1 unspecified atom stereocenters. The molecule has 2 aromatic rings. The molecule has 1 N–H and O–H groups in total. The number of thiophene rings is 1. The summed E-state index contributed by atoms with van der Waals surface area (Å²) in [6.45, 7) is 5.20. The van der Waals surface area contributed by atoms with Crippen molar-refractivity contribution >= 4 is 27.3 Å². The van der Waals surface area contributed by atoms with Crippen LogP contribution in [0.1, 0.15) is 24.8 Å². The summed E-state index contributed by atoms with van der Waals surface area (Å²) >= 11 is 5.15. The molecule has 1 nitrogen and oxygen atoms in total. The number of nitrogens with one attached hydrogen (secondary N) is 1. The first-order chi connectivity index (χ1) is 8.61. The van der Waals surface area contributed by atoms with E-state index < -0.39 is 0 Å². The monoisotopic (exact) mass is 327 g/mol. The lowest BCUT2D eigenvalue weighted by molar-refractivity contribution is 0.607. The highest BCUT2D eigenvalue weighted by Crippen LogP contribution is 2.35. The molecule has 4 heteroatoms. The van der Waals surface area contributed by atoms with Gasteiger partial charge in [0.15, 0.2) is 0 Å². The molecule has 0 aliphatic heterocycles. The van der Waals surface area contributed by atoms with E-state index in [1.807, 2.05) is 6.07 Å². The molecule has 0 amide bonds. The lowest BCUT2D eigenvalue weighted by atomic mass is 10.2. The Bertz CT molecular complexity index is 538. The van der Waals surface area contributed by atoms with Crippen LogP contribution in [0, 0.1) is 5.82 Å². The van der Waals surface area contributed by atoms with Crippen molar-refractivity contribution < 1.29 is 4.39 Å². The summed E-state index contributed by atoms with van der Waals surface area (Å²) < 4.78 is 13.9. The highest BCUT2D eigenvalue weighted by Gasteiger charge is 2.10. The maximum atomic E-state index is 13.1. The van der Waals surface area contributed by atoms with E-state index >= 15 is 0 Å².